The molecule has 0 aliphatic heterocycles. The van der Waals surface area contributed by atoms with Crippen LogP contribution in [-0.2, 0) is 0 Å². The monoisotopic (exact) mass is 276 g/mol. The van der Waals surface area contributed by atoms with Crippen molar-refractivity contribution in [3.8, 4) is 0 Å². The zero-order valence-corrected chi connectivity index (χ0v) is 14.2. The van der Waals surface area contributed by atoms with Gasteiger partial charge in [0.25, 0.3) is 0 Å². The van der Waals surface area contributed by atoms with Gasteiger partial charge in [0.2, 0.25) is 0 Å². The molecule has 0 fully saturated rings. The molecule has 0 aromatic heterocycles. The van der Waals surface area contributed by atoms with Crippen molar-refractivity contribution >= 4 is 5.69 Å². The lowest BCUT2D eigenvalue weighted by atomic mass is 9.87. The molecule has 20 heavy (non-hydrogen) atoms. The summed E-state index contributed by atoms with van der Waals surface area (Å²) < 4.78 is 0. The molecule has 1 N–H and O–H groups in total. The van der Waals surface area contributed by atoms with Crippen molar-refractivity contribution in [3.63, 3.8) is 0 Å². The van der Waals surface area contributed by atoms with Crippen molar-refractivity contribution in [3.05, 3.63) is 29.8 Å². The van der Waals surface area contributed by atoms with Crippen LogP contribution in [0.25, 0.3) is 0 Å². The Labute approximate surface area is 125 Å². The first kappa shape index (κ1) is 17.0. The van der Waals surface area contributed by atoms with Crippen LogP contribution >= 0.6 is 0 Å². The molecule has 1 atom stereocenters. The average molecular weight is 276 g/mol. The number of rotatable bonds is 7. The average Bonchev–Trinajstić information content (AvgIpc) is 2.38. The highest BCUT2D eigenvalue weighted by atomic mass is 15.1. The molecule has 0 radical (unpaired) electrons. The molecule has 0 aliphatic carbocycles. The molecule has 0 saturated heterocycles. The zero-order valence-electron chi connectivity index (χ0n) is 14.2. The molecule has 1 aromatic rings. The van der Waals surface area contributed by atoms with Gasteiger partial charge in [-0.15, -0.1) is 0 Å². The number of hydrogen-bond donors (Lipinski definition) is 1. The summed E-state index contributed by atoms with van der Waals surface area (Å²) in [5, 5.41) is 3.69. The van der Waals surface area contributed by atoms with Crippen LogP contribution in [0.4, 0.5) is 5.69 Å². The van der Waals surface area contributed by atoms with Gasteiger partial charge in [-0.05, 0) is 48.9 Å². The number of benzene rings is 1. The molecule has 114 valence electrons. The number of nitrogens with zero attached hydrogens (tertiary/aromatic N) is 1. The molecule has 0 amide bonds. The van der Waals surface area contributed by atoms with Crippen LogP contribution in [0.1, 0.15) is 58.6 Å². The number of anilines is 1. The second-order valence-corrected chi connectivity index (χ2v) is 7.09. The first-order valence-corrected chi connectivity index (χ1v) is 7.84. The van der Waals surface area contributed by atoms with Crippen molar-refractivity contribution in [2.24, 2.45) is 5.41 Å². The quantitative estimate of drug-likeness (QED) is 0.781. The summed E-state index contributed by atoms with van der Waals surface area (Å²) in [5.74, 6) is 0. The molecule has 0 heterocycles. The fraction of sp³-hybridized carbons (Fsp3) is 0.667. The second kappa shape index (κ2) is 7.68. The van der Waals surface area contributed by atoms with Gasteiger partial charge in [0.1, 0.15) is 0 Å². The minimum Gasteiger partial charge on any atom is -0.378 e. The Kier molecular flexibility index (Phi) is 6.54. The third-order valence-electron chi connectivity index (χ3n) is 3.64. The van der Waals surface area contributed by atoms with Crippen LogP contribution in [0, 0.1) is 5.41 Å². The Balaban J connectivity index is 2.75. The molecule has 0 spiro atoms. The molecule has 0 saturated carbocycles. The maximum absolute atomic E-state index is 3.69. The Morgan fingerprint density at radius 1 is 1.10 bits per heavy atom. The van der Waals surface area contributed by atoms with Crippen molar-refractivity contribution in [2.75, 3.05) is 25.5 Å². The first-order chi connectivity index (χ1) is 9.33. The lowest BCUT2D eigenvalue weighted by Crippen LogP contribution is -2.23. The minimum absolute atomic E-state index is 0.399. The fourth-order valence-corrected chi connectivity index (χ4v) is 2.29. The maximum atomic E-state index is 3.69. The van der Waals surface area contributed by atoms with Crippen molar-refractivity contribution in [1.82, 2.24) is 5.32 Å². The standard InChI is InChI=1S/C18H32N2/c1-7-14-19-17(12-13-18(2,3)4)15-8-10-16(11-9-15)20(5)6/h8-11,17,19H,7,12-14H2,1-6H3. The van der Waals surface area contributed by atoms with E-state index in [2.05, 4.69) is 76.3 Å². The van der Waals surface area contributed by atoms with Gasteiger partial charge in [-0.25, -0.2) is 0 Å². The molecule has 0 bridgehead atoms. The second-order valence-electron chi connectivity index (χ2n) is 7.09. The Morgan fingerprint density at radius 2 is 1.70 bits per heavy atom. The van der Waals surface area contributed by atoms with E-state index in [0.29, 0.717) is 11.5 Å². The Morgan fingerprint density at radius 3 is 2.15 bits per heavy atom. The predicted octanol–water partition coefficient (Wildman–Crippen LogP) is 4.62. The van der Waals surface area contributed by atoms with E-state index in [9.17, 15) is 0 Å². The van der Waals surface area contributed by atoms with E-state index in [1.54, 1.807) is 0 Å². The van der Waals surface area contributed by atoms with Crippen molar-refractivity contribution < 1.29 is 0 Å². The third kappa shape index (κ3) is 5.96. The van der Waals surface area contributed by atoms with Crippen LogP contribution in [0.15, 0.2) is 24.3 Å². The number of hydrogen-bond acceptors (Lipinski definition) is 2. The summed E-state index contributed by atoms with van der Waals surface area (Å²) in [4.78, 5) is 2.15. The summed E-state index contributed by atoms with van der Waals surface area (Å²) in [6.07, 6.45) is 3.62. The van der Waals surface area contributed by atoms with Crippen LogP contribution < -0.4 is 10.2 Å². The van der Waals surface area contributed by atoms with E-state index in [4.69, 9.17) is 0 Å². The van der Waals surface area contributed by atoms with Gasteiger partial charge in [-0.2, -0.15) is 0 Å². The molecule has 2 nitrogen and oxygen atoms in total. The lowest BCUT2D eigenvalue weighted by Gasteiger charge is -2.25. The van der Waals surface area contributed by atoms with E-state index < -0.39 is 0 Å². The maximum Gasteiger partial charge on any atom is 0.0361 e. The van der Waals surface area contributed by atoms with E-state index in [1.165, 1.54) is 30.5 Å². The van der Waals surface area contributed by atoms with Crippen LogP contribution in [0.2, 0.25) is 0 Å². The minimum atomic E-state index is 0.399. The summed E-state index contributed by atoms with van der Waals surface area (Å²) in [5.41, 5.74) is 3.07. The smallest absolute Gasteiger partial charge is 0.0361 e. The lowest BCUT2D eigenvalue weighted by molar-refractivity contribution is 0.332. The highest BCUT2D eigenvalue weighted by Gasteiger charge is 2.16. The van der Waals surface area contributed by atoms with Gasteiger partial charge in [0.05, 0.1) is 0 Å². The van der Waals surface area contributed by atoms with Crippen LogP contribution in [0.5, 0.6) is 0 Å². The van der Waals surface area contributed by atoms with Gasteiger partial charge in [0, 0.05) is 25.8 Å². The summed E-state index contributed by atoms with van der Waals surface area (Å²) in [6, 6.07) is 9.45. The van der Waals surface area contributed by atoms with E-state index >= 15 is 0 Å². The molecule has 0 aliphatic rings. The van der Waals surface area contributed by atoms with Crippen LogP contribution in [0.3, 0.4) is 0 Å². The van der Waals surface area contributed by atoms with Crippen molar-refractivity contribution in [2.45, 2.75) is 53.0 Å². The highest BCUT2D eigenvalue weighted by molar-refractivity contribution is 5.46. The van der Waals surface area contributed by atoms with Gasteiger partial charge in [-0.1, -0.05) is 39.8 Å². The summed E-state index contributed by atoms with van der Waals surface area (Å²) >= 11 is 0. The third-order valence-corrected chi connectivity index (χ3v) is 3.64. The Hall–Kier alpha value is -1.02. The summed E-state index contributed by atoms with van der Waals surface area (Å²) in [7, 11) is 4.17. The largest absolute Gasteiger partial charge is 0.378 e. The molecule has 1 unspecified atom stereocenters. The molecular formula is C18H32N2. The van der Waals surface area contributed by atoms with Gasteiger partial charge < -0.3 is 10.2 Å². The summed E-state index contributed by atoms with van der Waals surface area (Å²) in [6.45, 7) is 10.3. The normalized spacial score (nSPS) is 13.3. The van der Waals surface area contributed by atoms with Gasteiger partial charge in [0.15, 0.2) is 0 Å². The number of nitrogens with one attached hydrogen (secondary N) is 1. The van der Waals surface area contributed by atoms with E-state index in [0.717, 1.165) is 6.54 Å². The zero-order chi connectivity index (χ0) is 15.2. The van der Waals surface area contributed by atoms with E-state index in [-0.39, 0.29) is 0 Å². The topological polar surface area (TPSA) is 15.3 Å². The highest BCUT2D eigenvalue weighted by Crippen LogP contribution is 2.28. The molecule has 2 heteroatoms. The molecule has 1 rings (SSSR count). The van der Waals surface area contributed by atoms with Crippen LogP contribution in [-0.4, -0.2) is 20.6 Å². The first-order valence-electron chi connectivity index (χ1n) is 7.84. The Bertz CT molecular complexity index is 373. The fourth-order valence-electron chi connectivity index (χ4n) is 2.29. The van der Waals surface area contributed by atoms with Gasteiger partial charge in [-0.3, -0.25) is 0 Å². The van der Waals surface area contributed by atoms with Crippen molar-refractivity contribution in [1.29, 1.82) is 0 Å². The predicted molar refractivity (Wildman–Crippen MR) is 90.5 cm³/mol. The molecular weight excluding hydrogens is 244 g/mol. The van der Waals surface area contributed by atoms with E-state index in [1.807, 2.05) is 0 Å². The molecule has 1 aromatic carbocycles. The van der Waals surface area contributed by atoms with Gasteiger partial charge >= 0.3 is 0 Å². The SMILES string of the molecule is CCCNC(CCC(C)(C)C)c1ccc(N(C)C)cc1.